The molecule has 0 radical (unpaired) electrons. The number of carbonyl (C=O) groups is 2. The van der Waals surface area contributed by atoms with Gasteiger partial charge in [0.1, 0.15) is 5.25 Å². The number of hydrogen-bond donors (Lipinski definition) is 0. The van der Waals surface area contributed by atoms with Gasteiger partial charge in [0.2, 0.25) is 0 Å². The Balaban J connectivity index is 2.06. The second-order valence-corrected chi connectivity index (χ2v) is 10.2. The van der Waals surface area contributed by atoms with Crippen molar-refractivity contribution in [2.24, 2.45) is 0 Å². The van der Waals surface area contributed by atoms with Crippen molar-refractivity contribution in [3.8, 4) is 0 Å². The number of carbonyl (C=O) groups excluding carboxylic acids is 2. The number of rotatable bonds is 8. The zero-order chi connectivity index (χ0) is 23.5. The highest BCUT2D eigenvalue weighted by Gasteiger charge is 2.37. The highest BCUT2D eigenvalue weighted by Crippen LogP contribution is 2.26. The smallest absolute Gasteiger partial charge is 0.270 e. The number of nitro benzene ring substituents is 1. The molecule has 0 spiro atoms. The van der Waals surface area contributed by atoms with Gasteiger partial charge in [-0.3, -0.25) is 19.7 Å². The van der Waals surface area contributed by atoms with Gasteiger partial charge in [0, 0.05) is 34.2 Å². The highest BCUT2D eigenvalue weighted by atomic mass is 79.9. The maximum absolute atomic E-state index is 13.4. The molecule has 0 aliphatic heterocycles. The largest absolute Gasteiger partial charge is 0.294 e. The van der Waals surface area contributed by atoms with Crippen LogP contribution in [0.3, 0.4) is 0 Å². The molecule has 0 aliphatic carbocycles. The topological polar surface area (TPSA) is 111 Å². The van der Waals surface area contributed by atoms with Crippen LogP contribution in [0.1, 0.15) is 32.7 Å². The zero-order valence-electron chi connectivity index (χ0n) is 16.9. The summed E-state index contributed by atoms with van der Waals surface area (Å²) in [4.78, 5) is 36.5. The van der Waals surface area contributed by atoms with Crippen LogP contribution < -0.4 is 0 Å². The van der Waals surface area contributed by atoms with Gasteiger partial charge in [-0.25, -0.2) is 8.42 Å². The van der Waals surface area contributed by atoms with E-state index in [0.29, 0.717) is 0 Å². The predicted molar refractivity (Wildman–Crippen MR) is 123 cm³/mol. The van der Waals surface area contributed by atoms with Crippen LogP contribution in [0.15, 0.2) is 82.2 Å². The molecule has 3 aromatic carbocycles. The number of Topliss-reactive ketones (excluding diaryl/α,β-unsaturated/α-hetero) is 2. The van der Waals surface area contributed by atoms with E-state index in [9.17, 15) is 28.1 Å². The molecular formula is C23H18BrNO6S. The molecule has 164 valence electrons. The molecule has 0 fully saturated rings. The van der Waals surface area contributed by atoms with E-state index in [1.54, 1.807) is 31.2 Å². The molecule has 0 N–H and O–H groups in total. The fourth-order valence-electron chi connectivity index (χ4n) is 3.12. The molecule has 32 heavy (non-hydrogen) atoms. The minimum atomic E-state index is -4.26. The van der Waals surface area contributed by atoms with Crippen LogP contribution in [0.4, 0.5) is 5.69 Å². The highest BCUT2D eigenvalue weighted by molar-refractivity contribution is 9.10. The number of ketones is 2. The van der Waals surface area contributed by atoms with E-state index in [1.807, 2.05) is 0 Å². The number of nitrogens with zero attached hydrogens (tertiary/aromatic N) is 1. The van der Waals surface area contributed by atoms with Crippen LogP contribution in [0.2, 0.25) is 0 Å². The summed E-state index contributed by atoms with van der Waals surface area (Å²) in [6, 6.07) is 17.1. The van der Waals surface area contributed by atoms with Gasteiger partial charge in [0.05, 0.1) is 9.82 Å². The minimum absolute atomic E-state index is 0.101. The number of non-ortho nitro benzene ring substituents is 1. The van der Waals surface area contributed by atoms with Crippen LogP contribution in [0.25, 0.3) is 0 Å². The Labute approximate surface area is 193 Å². The van der Waals surface area contributed by atoms with Crippen LogP contribution >= 0.6 is 15.9 Å². The number of sulfone groups is 1. The molecule has 0 heterocycles. The maximum atomic E-state index is 13.4. The van der Waals surface area contributed by atoms with Gasteiger partial charge in [0.15, 0.2) is 21.4 Å². The first-order valence-corrected chi connectivity index (χ1v) is 11.8. The second kappa shape index (κ2) is 9.54. The first kappa shape index (κ1) is 23.5. The van der Waals surface area contributed by atoms with Crippen molar-refractivity contribution in [2.75, 3.05) is 0 Å². The van der Waals surface area contributed by atoms with E-state index in [1.165, 1.54) is 42.5 Å². The van der Waals surface area contributed by atoms with Crippen LogP contribution in [-0.4, -0.2) is 30.2 Å². The number of halogens is 1. The van der Waals surface area contributed by atoms with E-state index < -0.39 is 38.0 Å². The molecule has 1 atom stereocenters. The second-order valence-electron chi connectivity index (χ2n) is 7.15. The molecule has 0 unspecified atom stereocenters. The van der Waals surface area contributed by atoms with Crippen molar-refractivity contribution in [1.29, 1.82) is 0 Å². The molecular weight excluding hydrogens is 498 g/mol. The fraction of sp³-hybridized carbons (Fsp3) is 0.130. The van der Waals surface area contributed by atoms with E-state index in [4.69, 9.17) is 0 Å². The van der Waals surface area contributed by atoms with E-state index in [0.717, 1.165) is 16.1 Å². The number of aryl methyl sites for hydroxylation is 1. The first-order chi connectivity index (χ1) is 15.1. The van der Waals surface area contributed by atoms with Gasteiger partial charge < -0.3 is 0 Å². The van der Waals surface area contributed by atoms with Gasteiger partial charge in [-0.15, -0.1) is 0 Å². The molecule has 0 aliphatic rings. The lowest BCUT2D eigenvalue weighted by Crippen LogP contribution is -2.33. The summed E-state index contributed by atoms with van der Waals surface area (Å²) in [5.74, 6) is -1.41. The third-order valence-electron chi connectivity index (χ3n) is 4.89. The van der Waals surface area contributed by atoms with Gasteiger partial charge in [-0.1, -0.05) is 57.9 Å². The van der Waals surface area contributed by atoms with Crippen LogP contribution in [-0.2, 0) is 9.84 Å². The van der Waals surface area contributed by atoms with E-state index in [-0.39, 0.29) is 21.7 Å². The lowest BCUT2D eigenvalue weighted by molar-refractivity contribution is -0.384. The summed E-state index contributed by atoms with van der Waals surface area (Å²) in [6.45, 7) is 1.79. The standard InChI is InChI=1S/C23H18BrNO6S/c1-15-5-11-20(12-6-15)32(30,31)22(14-21(26)16-7-9-18(24)10-8-16)23(27)17-3-2-4-19(13-17)25(28)29/h2-13,22H,14H2,1H3/t22-/m1/s1. The normalized spacial score (nSPS) is 12.2. The lowest BCUT2D eigenvalue weighted by atomic mass is 10.0. The van der Waals surface area contributed by atoms with Crippen LogP contribution in [0, 0.1) is 17.0 Å². The number of nitro groups is 1. The molecule has 3 rings (SSSR count). The summed E-state index contributed by atoms with van der Waals surface area (Å²) in [7, 11) is -4.26. The van der Waals surface area contributed by atoms with Crippen molar-refractivity contribution in [3.63, 3.8) is 0 Å². The summed E-state index contributed by atoms with van der Waals surface area (Å²) >= 11 is 3.27. The predicted octanol–water partition coefficient (Wildman–Crippen LogP) is 4.96. The van der Waals surface area contributed by atoms with Crippen LogP contribution in [0.5, 0.6) is 0 Å². The Morgan fingerprint density at radius 2 is 1.59 bits per heavy atom. The van der Waals surface area contributed by atoms with Crippen molar-refractivity contribution in [2.45, 2.75) is 23.5 Å². The summed E-state index contributed by atoms with van der Waals surface area (Å²) in [6.07, 6.45) is -0.598. The summed E-state index contributed by atoms with van der Waals surface area (Å²) in [5.41, 5.74) is 0.589. The monoisotopic (exact) mass is 515 g/mol. The van der Waals surface area contributed by atoms with Gasteiger partial charge in [0.25, 0.3) is 5.69 Å². The van der Waals surface area contributed by atoms with Crippen molar-refractivity contribution < 1.29 is 22.9 Å². The minimum Gasteiger partial charge on any atom is -0.294 e. The van der Waals surface area contributed by atoms with Gasteiger partial charge >= 0.3 is 0 Å². The quantitative estimate of drug-likeness (QED) is 0.238. The summed E-state index contributed by atoms with van der Waals surface area (Å²) in [5, 5.41) is 9.37. The zero-order valence-corrected chi connectivity index (χ0v) is 19.3. The van der Waals surface area contributed by atoms with E-state index in [2.05, 4.69) is 15.9 Å². The van der Waals surface area contributed by atoms with Crippen molar-refractivity contribution in [3.05, 3.63) is 104 Å². The fourth-order valence-corrected chi connectivity index (χ4v) is 5.01. The van der Waals surface area contributed by atoms with Gasteiger partial charge in [-0.2, -0.15) is 0 Å². The molecule has 0 saturated carbocycles. The average Bonchev–Trinajstić information content (AvgIpc) is 2.77. The number of benzene rings is 3. The Morgan fingerprint density at radius 1 is 0.969 bits per heavy atom. The first-order valence-electron chi connectivity index (χ1n) is 9.47. The average molecular weight is 516 g/mol. The number of hydrogen-bond acceptors (Lipinski definition) is 6. The Bertz CT molecular complexity index is 1280. The third kappa shape index (κ3) is 5.17. The molecule has 0 saturated heterocycles. The summed E-state index contributed by atoms with van der Waals surface area (Å²) < 4.78 is 27.5. The molecule has 0 aromatic heterocycles. The molecule has 7 nitrogen and oxygen atoms in total. The molecule has 3 aromatic rings. The van der Waals surface area contributed by atoms with Gasteiger partial charge in [-0.05, 0) is 31.2 Å². The SMILES string of the molecule is Cc1ccc(S(=O)(=O)[C@H](CC(=O)c2ccc(Br)cc2)C(=O)c2cccc([N+](=O)[O-])c2)cc1. The third-order valence-corrected chi connectivity index (χ3v) is 7.48. The van der Waals surface area contributed by atoms with Crippen molar-refractivity contribution in [1.82, 2.24) is 0 Å². The molecule has 0 amide bonds. The Kier molecular flexibility index (Phi) is 7.00. The lowest BCUT2D eigenvalue weighted by Gasteiger charge is -2.17. The van der Waals surface area contributed by atoms with E-state index >= 15 is 0 Å². The van der Waals surface area contributed by atoms with Crippen molar-refractivity contribution >= 4 is 43.0 Å². The molecule has 0 bridgehead atoms. The Hall–Kier alpha value is -3.17. The Morgan fingerprint density at radius 3 is 2.19 bits per heavy atom. The maximum Gasteiger partial charge on any atom is 0.270 e. The molecule has 9 heteroatoms.